The number of hydrogen-bond acceptors (Lipinski definition) is 3. The number of nitrogens with zero attached hydrogens (tertiary/aromatic N) is 2. The van der Waals surface area contributed by atoms with Crippen molar-refractivity contribution in [3.8, 4) is 0 Å². The molecule has 0 heterocycles. The molecular weight excluding hydrogens is 360 g/mol. The molecule has 1 atom stereocenters. The quantitative estimate of drug-likeness (QED) is 0.317. The van der Waals surface area contributed by atoms with Crippen LogP contribution in [0.5, 0.6) is 0 Å². The number of hydrogen-bond donors (Lipinski definition) is 1. The van der Waals surface area contributed by atoms with Crippen molar-refractivity contribution in [1.29, 1.82) is 0 Å². The van der Waals surface area contributed by atoms with Crippen molar-refractivity contribution in [1.82, 2.24) is 0 Å². The van der Waals surface area contributed by atoms with E-state index in [-0.39, 0.29) is 12.3 Å². The van der Waals surface area contributed by atoms with E-state index in [1.165, 1.54) is 5.54 Å². The maximum absolute atomic E-state index is 10.6. The van der Waals surface area contributed by atoms with E-state index >= 15 is 0 Å². The molecule has 27 heavy (non-hydrogen) atoms. The second-order valence-electron chi connectivity index (χ2n) is 5.99. The normalized spacial score (nSPS) is 15.5. The summed E-state index contributed by atoms with van der Waals surface area (Å²) in [7, 11) is 0. The molecule has 0 aliphatic carbocycles. The Balaban J connectivity index is 4.44. The number of carboxylic acids is 1. The summed E-state index contributed by atoms with van der Waals surface area (Å²) in [6.45, 7) is 9.55. The molecule has 4 nitrogen and oxygen atoms in total. The standard InChI is InChI=1S/C22H29ClN2O2/c1-5-21(13-9-14-23)20(4)25-19(3)12-7-6-8-15-24-16-10-11-18(2)17-22(26)27/h5-9,12-16,18H,1,10-11,17H2,2-4H3,(H,26,27)/b7-6-,14-9+,15-8+,19-12+,21-13+,24-16+,25-20+. The van der Waals surface area contributed by atoms with Crippen molar-refractivity contribution in [3.63, 3.8) is 0 Å². The Morgan fingerprint density at radius 2 is 1.93 bits per heavy atom. The molecule has 0 bridgehead atoms. The van der Waals surface area contributed by atoms with Gasteiger partial charge in [0.05, 0.1) is 0 Å². The molecule has 1 N–H and O–H groups in total. The van der Waals surface area contributed by atoms with Crippen LogP contribution in [0, 0.1) is 5.92 Å². The minimum Gasteiger partial charge on any atom is -0.481 e. The van der Waals surface area contributed by atoms with Crippen LogP contribution in [0.2, 0.25) is 0 Å². The molecule has 0 aromatic rings. The predicted octanol–water partition coefficient (Wildman–Crippen LogP) is 6.25. The zero-order valence-electron chi connectivity index (χ0n) is 16.3. The summed E-state index contributed by atoms with van der Waals surface area (Å²) in [4.78, 5) is 19.2. The van der Waals surface area contributed by atoms with Gasteiger partial charge in [-0.05, 0) is 50.3 Å². The van der Waals surface area contributed by atoms with Crippen LogP contribution in [0.1, 0.15) is 40.0 Å². The lowest BCUT2D eigenvalue weighted by molar-refractivity contribution is -0.138. The second-order valence-corrected chi connectivity index (χ2v) is 6.24. The summed E-state index contributed by atoms with van der Waals surface area (Å²) < 4.78 is 0. The van der Waals surface area contributed by atoms with Crippen LogP contribution in [-0.2, 0) is 4.79 Å². The first-order valence-electron chi connectivity index (χ1n) is 8.79. The number of carbonyl (C=O) groups is 1. The summed E-state index contributed by atoms with van der Waals surface area (Å²) in [5.74, 6) is -0.589. The molecule has 0 radical (unpaired) electrons. The van der Waals surface area contributed by atoms with Crippen LogP contribution in [0.3, 0.4) is 0 Å². The number of allylic oxidation sites excluding steroid dienone is 9. The third-order valence-corrected chi connectivity index (χ3v) is 3.62. The van der Waals surface area contributed by atoms with Crippen LogP contribution in [0.25, 0.3) is 0 Å². The topological polar surface area (TPSA) is 62.0 Å². The number of aliphatic carboxylic acids is 1. The highest BCUT2D eigenvalue weighted by molar-refractivity contribution is 6.25. The van der Waals surface area contributed by atoms with Crippen molar-refractivity contribution in [2.75, 3.05) is 0 Å². The van der Waals surface area contributed by atoms with Gasteiger partial charge < -0.3 is 5.11 Å². The summed E-state index contributed by atoms with van der Waals surface area (Å²) in [6.07, 6.45) is 18.1. The highest BCUT2D eigenvalue weighted by Gasteiger charge is 2.05. The largest absolute Gasteiger partial charge is 0.481 e. The molecule has 0 amide bonds. The first kappa shape index (κ1) is 24.5. The van der Waals surface area contributed by atoms with E-state index in [4.69, 9.17) is 16.7 Å². The fraction of sp³-hybridized carbons (Fsp3) is 0.318. The van der Waals surface area contributed by atoms with Gasteiger partial charge in [0.25, 0.3) is 0 Å². The molecule has 0 aromatic carbocycles. The Morgan fingerprint density at radius 1 is 1.19 bits per heavy atom. The fourth-order valence-corrected chi connectivity index (χ4v) is 2.17. The molecule has 0 spiro atoms. The highest BCUT2D eigenvalue weighted by atomic mass is 35.5. The van der Waals surface area contributed by atoms with Gasteiger partial charge in [-0.2, -0.15) is 0 Å². The van der Waals surface area contributed by atoms with Gasteiger partial charge in [0, 0.05) is 35.8 Å². The molecule has 0 saturated heterocycles. The molecule has 1 unspecified atom stereocenters. The van der Waals surface area contributed by atoms with Crippen molar-refractivity contribution < 1.29 is 9.90 Å². The maximum Gasteiger partial charge on any atom is 0.303 e. The molecule has 5 heteroatoms. The van der Waals surface area contributed by atoms with Crippen molar-refractivity contribution in [2.24, 2.45) is 15.9 Å². The lowest BCUT2D eigenvalue weighted by Gasteiger charge is -2.04. The molecule has 0 aromatic heterocycles. The molecule has 0 aliphatic heterocycles. The van der Waals surface area contributed by atoms with Gasteiger partial charge in [-0.3, -0.25) is 14.8 Å². The first-order valence-corrected chi connectivity index (χ1v) is 9.23. The number of rotatable bonds is 12. The van der Waals surface area contributed by atoms with Crippen LogP contribution in [-0.4, -0.2) is 23.0 Å². The zero-order valence-corrected chi connectivity index (χ0v) is 17.1. The van der Waals surface area contributed by atoms with E-state index in [0.717, 1.165) is 29.8 Å². The molecule has 0 fully saturated rings. The molecule has 0 rings (SSSR count). The summed E-state index contributed by atoms with van der Waals surface area (Å²) in [6, 6.07) is 0. The van der Waals surface area contributed by atoms with Gasteiger partial charge in [-0.15, -0.1) is 0 Å². The predicted molar refractivity (Wildman–Crippen MR) is 118 cm³/mol. The smallest absolute Gasteiger partial charge is 0.303 e. The maximum atomic E-state index is 10.6. The Labute approximate surface area is 167 Å². The number of halogens is 1. The Morgan fingerprint density at radius 3 is 2.56 bits per heavy atom. The lowest BCUT2D eigenvalue weighted by Crippen LogP contribution is -2.03. The minimum absolute atomic E-state index is 0.164. The molecule has 146 valence electrons. The average Bonchev–Trinajstić information content (AvgIpc) is 2.60. The van der Waals surface area contributed by atoms with E-state index in [9.17, 15) is 4.79 Å². The second kappa shape index (κ2) is 15.8. The van der Waals surface area contributed by atoms with Gasteiger partial charge in [0.15, 0.2) is 0 Å². The SMILES string of the molecule is C=CC(=C\C=C\Cl)/C(C)=N/C(C)=C/C=C\C=C\N=C\CCC(C)CC(=O)O. The number of carboxylic acid groups (broad SMARTS) is 1. The molecular formula is C22H29ClN2O2. The van der Waals surface area contributed by atoms with Crippen LogP contribution in [0.4, 0.5) is 0 Å². The van der Waals surface area contributed by atoms with Gasteiger partial charge in [0.2, 0.25) is 0 Å². The van der Waals surface area contributed by atoms with Gasteiger partial charge in [-0.1, -0.05) is 55.5 Å². The summed E-state index contributed by atoms with van der Waals surface area (Å²) >= 11 is 5.53. The van der Waals surface area contributed by atoms with Crippen molar-refractivity contribution >= 4 is 29.5 Å². The Hall–Kier alpha value is -2.46. The van der Waals surface area contributed by atoms with Gasteiger partial charge >= 0.3 is 5.97 Å². The van der Waals surface area contributed by atoms with Gasteiger partial charge in [-0.25, -0.2) is 0 Å². The van der Waals surface area contributed by atoms with E-state index in [1.54, 1.807) is 24.6 Å². The Kier molecular flexibility index (Phi) is 14.3. The highest BCUT2D eigenvalue weighted by Crippen LogP contribution is 2.09. The molecule has 0 saturated carbocycles. The fourth-order valence-electron chi connectivity index (χ4n) is 2.10. The van der Waals surface area contributed by atoms with Crippen LogP contribution in [0.15, 0.2) is 82.1 Å². The van der Waals surface area contributed by atoms with Crippen LogP contribution >= 0.6 is 11.6 Å². The van der Waals surface area contributed by atoms with E-state index < -0.39 is 5.97 Å². The van der Waals surface area contributed by atoms with Crippen molar-refractivity contribution in [2.45, 2.75) is 40.0 Å². The third kappa shape index (κ3) is 14.4. The van der Waals surface area contributed by atoms with Gasteiger partial charge in [0.1, 0.15) is 0 Å². The third-order valence-electron chi connectivity index (χ3n) is 3.48. The lowest BCUT2D eigenvalue weighted by atomic mass is 10.0. The summed E-state index contributed by atoms with van der Waals surface area (Å²) in [5, 5.41) is 8.69. The minimum atomic E-state index is -0.754. The first-order chi connectivity index (χ1) is 12.9. The monoisotopic (exact) mass is 388 g/mol. The van der Waals surface area contributed by atoms with E-state index in [1.807, 2.05) is 51.2 Å². The van der Waals surface area contributed by atoms with E-state index in [0.29, 0.717) is 0 Å². The van der Waals surface area contributed by atoms with Crippen molar-refractivity contribution in [3.05, 3.63) is 72.1 Å². The van der Waals surface area contributed by atoms with E-state index in [2.05, 4.69) is 16.6 Å². The number of aliphatic imine (C=N–C) groups is 2. The average molecular weight is 389 g/mol. The Bertz CT molecular complexity index is 680. The summed E-state index contributed by atoms with van der Waals surface area (Å²) in [5.41, 5.74) is 4.08. The molecule has 0 aliphatic rings. The van der Waals surface area contributed by atoms with Crippen LogP contribution < -0.4 is 0 Å². The zero-order chi connectivity index (χ0) is 20.5.